The zero-order valence-electron chi connectivity index (χ0n) is 11.4. The van der Waals surface area contributed by atoms with E-state index in [0.29, 0.717) is 24.3 Å². The maximum Gasteiger partial charge on any atom is 0.417 e. The van der Waals surface area contributed by atoms with E-state index in [1.807, 2.05) is 0 Å². The largest absolute Gasteiger partial charge is 0.417 e. The Balaban J connectivity index is 2.74. The molecule has 0 heterocycles. The molecule has 0 saturated heterocycles. The van der Waals surface area contributed by atoms with E-state index in [2.05, 4.69) is 0 Å². The van der Waals surface area contributed by atoms with E-state index in [1.54, 1.807) is 0 Å². The van der Waals surface area contributed by atoms with Gasteiger partial charge in [-0.25, -0.2) is 8.78 Å². The molecule has 24 heavy (non-hydrogen) atoms. The average Bonchev–Trinajstić information content (AvgIpc) is 2.44. The van der Waals surface area contributed by atoms with Crippen molar-refractivity contribution in [1.29, 1.82) is 5.26 Å². The summed E-state index contributed by atoms with van der Waals surface area (Å²) < 4.78 is 104. The van der Waals surface area contributed by atoms with Crippen LogP contribution in [0.25, 0.3) is 11.1 Å². The van der Waals surface area contributed by atoms with Gasteiger partial charge in [-0.3, -0.25) is 0 Å². The van der Waals surface area contributed by atoms with Crippen molar-refractivity contribution < 1.29 is 35.1 Å². The molecule has 0 spiro atoms. The first kappa shape index (κ1) is 17.7. The molecule has 0 unspecified atom stereocenters. The highest BCUT2D eigenvalue weighted by molar-refractivity contribution is 5.69. The van der Waals surface area contributed by atoms with E-state index < -0.39 is 51.8 Å². The summed E-state index contributed by atoms with van der Waals surface area (Å²) in [4.78, 5) is 0. The fraction of sp³-hybridized carbons (Fsp3) is 0.133. The van der Waals surface area contributed by atoms with Crippen LogP contribution in [-0.2, 0) is 12.4 Å². The van der Waals surface area contributed by atoms with Crippen molar-refractivity contribution in [1.82, 2.24) is 0 Å². The third kappa shape index (κ3) is 3.32. The van der Waals surface area contributed by atoms with Gasteiger partial charge in [-0.2, -0.15) is 31.6 Å². The van der Waals surface area contributed by atoms with E-state index in [9.17, 15) is 35.1 Å². The van der Waals surface area contributed by atoms with Crippen LogP contribution < -0.4 is 0 Å². The molecule has 1 nitrogen and oxygen atoms in total. The van der Waals surface area contributed by atoms with E-state index in [4.69, 9.17) is 5.26 Å². The quantitative estimate of drug-likeness (QED) is 0.619. The van der Waals surface area contributed by atoms with E-state index in [0.717, 1.165) is 0 Å². The first-order chi connectivity index (χ1) is 10.9. The van der Waals surface area contributed by atoms with Crippen molar-refractivity contribution in [2.24, 2.45) is 0 Å². The standard InChI is InChI=1S/C15H5F8N/c16-12-3-7(4-13(17)10(12)6-24)9-2-1-8(14(18,19)20)5-11(9)15(21,22)23/h1-5H. The zero-order chi connectivity index (χ0) is 18.3. The maximum atomic E-state index is 13.6. The van der Waals surface area contributed by atoms with Crippen LogP contribution in [-0.4, -0.2) is 0 Å². The normalized spacial score (nSPS) is 12.1. The molecule has 126 valence electrons. The smallest absolute Gasteiger partial charge is 0.205 e. The summed E-state index contributed by atoms with van der Waals surface area (Å²) in [5.41, 5.74) is -5.71. The molecule has 2 rings (SSSR count). The van der Waals surface area contributed by atoms with Crippen LogP contribution in [0, 0.1) is 23.0 Å². The summed E-state index contributed by atoms with van der Waals surface area (Å²) in [5, 5.41) is 8.54. The van der Waals surface area contributed by atoms with Gasteiger partial charge in [-0.1, -0.05) is 6.07 Å². The molecule has 0 aliphatic rings. The van der Waals surface area contributed by atoms with Gasteiger partial charge in [0.05, 0.1) is 11.1 Å². The molecule has 2 aromatic rings. The molecular formula is C15H5F8N. The topological polar surface area (TPSA) is 23.8 Å². The second kappa shape index (κ2) is 5.78. The van der Waals surface area contributed by atoms with E-state index in [-0.39, 0.29) is 6.07 Å². The summed E-state index contributed by atoms with van der Waals surface area (Å²) >= 11 is 0. The van der Waals surface area contributed by atoms with Gasteiger partial charge < -0.3 is 0 Å². The molecule has 0 N–H and O–H groups in total. The molecule has 0 atom stereocenters. The van der Waals surface area contributed by atoms with Crippen molar-refractivity contribution in [2.45, 2.75) is 12.4 Å². The number of alkyl halides is 6. The molecule has 0 saturated carbocycles. The van der Waals surface area contributed by atoms with Crippen LogP contribution in [0.2, 0.25) is 0 Å². The Hall–Kier alpha value is -2.63. The average molecular weight is 351 g/mol. The summed E-state index contributed by atoms with van der Waals surface area (Å²) in [7, 11) is 0. The van der Waals surface area contributed by atoms with Gasteiger partial charge in [0.2, 0.25) is 0 Å². The molecule has 9 heteroatoms. The number of hydrogen-bond donors (Lipinski definition) is 0. The van der Waals surface area contributed by atoms with Crippen LogP contribution in [0.3, 0.4) is 0 Å². The van der Waals surface area contributed by atoms with Crippen LogP contribution in [0.5, 0.6) is 0 Å². The fourth-order valence-electron chi connectivity index (χ4n) is 2.04. The molecule has 0 aliphatic heterocycles. The van der Waals surface area contributed by atoms with Crippen LogP contribution in [0.1, 0.15) is 16.7 Å². The SMILES string of the molecule is N#Cc1c(F)cc(-c2ccc(C(F)(F)F)cc2C(F)(F)F)cc1F. The van der Waals surface area contributed by atoms with Crippen LogP contribution in [0.15, 0.2) is 30.3 Å². The highest BCUT2D eigenvalue weighted by Gasteiger charge is 2.38. The molecule has 0 radical (unpaired) electrons. The van der Waals surface area contributed by atoms with Crippen molar-refractivity contribution >= 4 is 0 Å². The fourth-order valence-corrected chi connectivity index (χ4v) is 2.04. The van der Waals surface area contributed by atoms with Gasteiger partial charge in [0.25, 0.3) is 0 Å². The maximum absolute atomic E-state index is 13.6. The highest BCUT2D eigenvalue weighted by Crippen LogP contribution is 2.41. The van der Waals surface area contributed by atoms with Crippen LogP contribution in [0.4, 0.5) is 35.1 Å². The summed E-state index contributed by atoms with van der Waals surface area (Å²) in [5.74, 6) is -2.83. The molecule has 0 fully saturated rings. The van der Waals surface area contributed by atoms with Gasteiger partial charge in [0.1, 0.15) is 23.3 Å². The monoisotopic (exact) mass is 351 g/mol. The Labute approximate surface area is 129 Å². The van der Waals surface area contributed by atoms with E-state index >= 15 is 0 Å². The lowest BCUT2D eigenvalue weighted by atomic mass is 9.95. The first-order valence-corrected chi connectivity index (χ1v) is 6.13. The Morgan fingerprint density at radius 3 is 1.75 bits per heavy atom. The van der Waals surface area contributed by atoms with Gasteiger partial charge in [0, 0.05) is 0 Å². The second-order valence-corrected chi connectivity index (χ2v) is 4.68. The lowest BCUT2D eigenvalue weighted by Gasteiger charge is -2.16. The number of hydrogen-bond acceptors (Lipinski definition) is 1. The van der Waals surface area contributed by atoms with E-state index in [1.165, 1.54) is 6.07 Å². The number of nitriles is 1. The zero-order valence-corrected chi connectivity index (χ0v) is 11.4. The predicted octanol–water partition coefficient (Wildman–Crippen LogP) is 5.54. The summed E-state index contributed by atoms with van der Waals surface area (Å²) in [6.07, 6.45) is -10.2. The first-order valence-electron chi connectivity index (χ1n) is 6.13. The summed E-state index contributed by atoms with van der Waals surface area (Å²) in [6.45, 7) is 0. The lowest BCUT2D eigenvalue weighted by molar-refractivity contribution is -0.142. The second-order valence-electron chi connectivity index (χ2n) is 4.68. The van der Waals surface area contributed by atoms with Gasteiger partial charge in [-0.05, 0) is 35.4 Å². The van der Waals surface area contributed by atoms with Gasteiger partial charge >= 0.3 is 12.4 Å². The predicted molar refractivity (Wildman–Crippen MR) is 66.5 cm³/mol. The Bertz CT molecular complexity index is 804. The van der Waals surface area contributed by atoms with Crippen molar-refractivity contribution in [3.05, 3.63) is 58.7 Å². The minimum absolute atomic E-state index is 0.136. The number of rotatable bonds is 1. The Kier molecular flexibility index (Phi) is 4.27. The van der Waals surface area contributed by atoms with Crippen molar-refractivity contribution in [3.8, 4) is 17.2 Å². The highest BCUT2D eigenvalue weighted by atomic mass is 19.4. The molecule has 2 aromatic carbocycles. The third-order valence-electron chi connectivity index (χ3n) is 3.12. The molecule has 0 bridgehead atoms. The number of benzene rings is 2. The number of halogens is 8. The minimum atomic E-state index is -5.18. The minimum Gasteiger partial charge on any atom is -0.205 e. The summed E-state index contributed by atoms with van der Waals surface area (Å²) in [6, 6.07) is 2.83. The number of nitrogens with zero attached hydrogens (tertiary/aromatic N) is 1. The Morgan fingerprint density at radius 1 is 0.792 bits per heavy atom. The lowest BCUT2D eigenvalue weighted by Crippen LogP contribution is -2.12. The van der Waals surface area contributed by atoms with Crippen molar-refractivity contribution in [2.75, 3.05) is 0 Å². The van der Waals surface area contributed by atoms with Gasteiger partial charge in [0.15, 0.2) is 0 Å². The third-order valence-corrected chi connectivity index (χ3v) is 3.12. The molecule has 0 amide bonds. The molecule has 0 aliphatic carbocycles. The van der Waals surface area contributed by atoms with Crippen LogP contribution >= 0.6 is 0 Å². The van der Waals surface area contributed by atoms with Crippen molar-refractivity contribution in [3.63, 3.8) is 0 Å². The molecule has 0 aromatic heterocycles. The molecular weight excluding hydrogens is 346 g/mol. The Morgan fingerprint density at radius 2 is 1.33 bits per heavy atom. The van der Waals surface area contributed by atoms with Gasteiger partial charge in [-0.15, -0.1) is 0 Å².